The predicted octanol–water partition coefficient (Wildman–Crippen LogP) is 3.62. The van der Waals surface area contributed by atoms with E-state index in [1.807, 2.05) is 6.92 Å². The van der Waals surface area contributed by atoms with Crippen LogP contribution in [-0.4, -0.2) is 41.5 Å². The normalized spacial score (nSPS) is 12.1. The first-order valence-corrected chi connectivity index (χ1v) is 9.89. The first kappa shape index (κ1) is 21.0. The second kappa shape index (κ2) is 9.17. The number of carbonyl (C=O) groups excluding carboxylic acids is 2. The third kappa shape index (κ3) is 4.32. The van der Waals surface area contributed by atoms with Crippen LogP contribution < -0.4 is 9.47 Å². The molecule has 0 bridgehead atoms. The summed E-state index contributed by atoms with van der Waals surface area (Å²) in [5, 5.41) is 0.456. The van der Waals surface area contributed by atoms with Crippen molar-refractivity contribution in [3.8, 4) is 11.5 Å². The topological polar surface area (TPSA) is 88.9 Å². The quantitative estimate of drug-likeness (QED) is 0.600. The molecule has 0 aliphatic carbocycles. The lowest BCUT2D eigenvalue weighted by Gasteiger charge is -2.13. The summed E-state index contributed by atoms with van der Waals surface area (Å²) in [6, 6.07) is 3.44. The van der Waals surface area contributed by atoms with Gasteiger partial charge in [-0.15, -0.1) is 0 Å². The van der Waals surface area contributed by atoms with Crippen LogP contribution >= 0.6 is 11.6 Å². The summed E-state index contributed by atoms with van der Waals surface area (Å²) in [4.78, 5) is 29.6. The fourth-order valence-corrected chi connectivity index (χ4v) is 3.30. The third-order valence-electron chi connectivity index (χ3n) is 4.33. The van der Waals surface area contributed by atoms with Gasteiger partial charge in [-0.2, -0.15) is 0 Å². The molecule has 1 aliphatic rings. The van der Waals surface area contributed by atoms with Crippen LogP contribution in [-0.2, 0) is 22.4 Å². The number of aryl methyl sites for hydroxylation is 1. The molecule has 156 valence electrons. The number of fused-ring (bicyclic) bond motifs is 1. The van der Waals surface area contributed by atoms with E-state index in [1.165, 1.54) is 0 Å². The number of imidazole rings is 1. The fourth-order valence-electron chi connectivity index (χ4n) is 3.08. The second-order valence-corrected chi connectivity index (χ2v) is 6.71. The van der Waals surface area contributed by atoms with Gasteiger partial charge in [0.05, 0.1) is 19.8 Å². The number of aromatic nitrogens is 2. The highest BCUT2D eigenvalue weighted by Crippen LogP contribution is 2.37. The van der Waals surface area contributed by atoms with Crippen LogP contribution in [0.4, 0.5) is 0 Å². The number of nitrogens with zero attached hydrogens (tertiary/aromatic N) is 2. The molecule has 1 aromatic carbocycles. The lowest BCUT2D eigenvalue weighted by Crippen LogP contribution is -2.19. The molecular formula is C20H23ClN2O6. The highest BCUT2D eigenvalue weighted by atomic mass is 35.5. The van der Waals surface area contributed by atoms with E-state index >= 15 is 0 Å². The standard InChI is InChI=1S/C20H23ClN2O6/c1-4-7-16-22-17(19(24)26-5-2)18(20(25)27-6-3)23(16)10-12-8-14-15(9-13(12)21)29-11-28-14/h8-9H,4-7,10-11H2,1-3H3. The Labute approximate surface area is 173 Å². The highest BCUT2D eigenvalue weighted by Gasteiger charge is 2.30. The van der Waals surface area contributed by atoms with Crippen molar-refractivity contribution in [2.24, 2.45) is 0 Å². The molecule has 0 spiro atoms. The molecular weight excluding hydrogens is 400 g/mol. The van der Waals surface area contributed by atoms with E-state index in [1.54, 1.807) is 30.5 Å². The number of rotatable bonds is 8. The van der Waals surface area contributed by atoms with Gasteiger partial charge < -0.3 is 23.5 Å². The molecule has 3 rings (SSSR count). The minimum Gasteiger partial charge on any atom is -0.461 e. The van der Waals surface area contributed by atoms with E-state index in [2.05, 4.69) is 4.98 Å². The number of halogens is 1. The summed E-state index contributed by atoms with van der Waals surface area (Å²) in [5.74, 6) is 0.416. The molecule has 1 aromatic heterocycles. The van der Waals surface area contributed by atoms with Gasteiger partial charge in [-0.05, 0) is 31.9 Å². The maximum atomic E-state index is 12.7. The molecule has 29 heavy (non-hydrogen) atoms. The maximum absolute atomic E-state index is 12.7. The molecule has 0 saturated carbocycles. The number of hydrogen-bond donors (Lipinski definition) is 0. The van der Waals surface area contributed by atoms with Gasteiger partial charge in [0.15, 0.2) is 22.9 Å². The Morgan fingerprint density at radius 1 is 1.10 bits per heavy atom. The van der Waals surface area contributed by atoms with E-state index in [9.17, 15) is 9.59 Å². The monoisotopic (exact) mass is 422 g/mol. The molecule has 0 fully saturated rings. The molecule has 0 amide bonds. The van der Waals surface area contributed by atoms with Crippen molar-refractivity contribution in [3.05, 3.63) is 39.9 Å². The summed E-state index contributed by atoms with van der Waals surface area (Å²) in [5.41, 5.74) is 0.708. The summed E-state index contributed by atoms with van der Waals surface area (Å²) < 4.78 is 22.7. The van der Waals surface area contributed by atoms with Crippen LogP contribution in [0.1, 0.15) is 59.6 Å². The van der Waals surface area contributed by atoms with Gasteiger partial charge in [0, 0.05) is 17.5 Å². The smallest absolute Gasteiger partial charge is 0.359 e. The fraction of sp³-hybridized carbons (Fsp3) is 0.450. The summed E-state index contributed by atoms with van der Waals surface area (Å²) in [7, 11) is 0. The zero-order valence-corrected chi connectivity index (χ0v) is 17.4. The first-order chi connectivity index (χ1) is 14.0. The first-order valence-electron chi connectivity index (χ1n) is 9.51. The van der Waals surface area contributed by atoms with Crippen molar-refractivity contribution >= 4 is 23.5 Å². The Bertz CT molecular complexity index is 924. The molecule has 0 atom stereocenters. The zero-order chi connectivity index (χ0) is 21.0. The van der Waals surface area contributed by atoms with Gasteiger partial charge in [0.1, 0.15) is 5.82 Å². The summed E-state index contributed by atoms with van der Waals surface area (Å²) in [6.45, 7) is 6.06. The molecule has 2 heterocycles. The Morgan fingerprint density at radius 3 is 2.41 bits per heavy atom. The molecule has 1 aliphatic heterocycles. The van der Waals surface area contributed by atoms with Crippen LogP contribution in [0.25, 0.3) is 0 Å². The second-order valence-electron chi connectivity index (χ2n) is 6.30. The number of esters is 2. The van der Waals surface area contributed by atoms with Gasteiger partial charge in [0.2, 0.25) is 6.79 Å². The minimum atomic E-state index is -0.663. The molecule has 8 nitrogen and oxygen atoms in total. The van der Waals surface area contributed by atoms with Crippen molar-refractivity contribution in [2.45, 2.75) is 40.2 Å². The lowest BCUT2D eigenvalue weighted by molar-refractivity contribution is 0.0467. The molecule has 0 N–H and O–H groups in total. The number of hydrogen-bond acceptors (Lipinski definition) is 7. The number of carbonyl (C=O) groups is 2. The van der Waals surface area contributed by atoms with Crippen molar-refractivity contribution < 1.29 is 28.5 Å². The SMILES string of the molecule is CCCc1nc(C(=O)OCC)c(C(=O)OCC)n1Cc1cc2c(cc1Cl)OCO2. The van der Waals surface area contributed by atoms with E-state index < -0.39 is 11.9 Å². The largest absolute Gasteiger partial charge is 0.461 e. The predicted molar refractivity (Wildman–Crippen MR) is 105 cm³/mol. The molecule has 0 saturated heterocycles. The Balaban J connectivity index is 2.10. The van der Waals surface area contributed by atoms with Gasteiger partial charge in [-0.3, -0.25) is 0 Å². The van der Waals surface area contributed by atoms with E-state index in [4.69, 9.17) is 30.5 Å². The molecule has 9 heteroatoms. The van der Waals surface area contributed by atoms with Crippen molar-refractivity contribution in [2.75, 3.05) is 20.0 Å². The van der Waals surface area contributed by atoms with Crippen LogP contribution in [0, 0.1) is 0 Å². The van der Waals surface area contributed by atoms with Gasteiger partial charge in [-0.25, -0.2) is 14.6 Å². The molecule has 0 radical (unpaired) electrons. The number of benzene rings is 1. The van der Waals surface area contributed by atoms with Gasteiger partial charge >= 0.3 is 11.9 Å². The maximum Gasteiger partial charge on any atom is 0.359 e. The Hall–Kier alpha value is -2.74. The molecule has 0 unspecified atom stereocenters. The van der Waals surface area contributed by atoms with E-state index in [-0.39, 0.29) is 37.9 Å². The van der Waals surface area contributed by atoms with Gasteiger partial charge in [-0.1, -0.05) is 18.5 Å². The van der Waals surface area contributed by atoms with Crippen LogP contribution in [0.2, 0.25) is 5.02 Å². The van der Waals surface area contributed by atoms with Crippen LogP contribution in [0.3, 0.4) is 0 Å². The zero-order valence-electron chi connectivity index (χ0n) is 16.6. The third-order valence-corrected chi connectivity index (χ3v) is 4.68. The summed E-state index contributed by atoms with van der Waals surface area (Å²) in [6.07, 6.45) is 1.34. The van der Waals surface area contributed by atoms with Crippen LogP contribution in [0.15, 0.2) is 12.1 Å². The summed E-state index contributed by atoms with van der Waals surface area (Å²) >= 11 is 6.42. The van der Waals surface area contributed by atoms with Crippen molar-refractivity contribution in [1.82, 2.24) is 9.55 Å². The van der Waals surface area contributed by atoms with Crippen molar-refractivity contribution in [3.63, 3.8) is 0 Å². The van der Waals surface area contributed by atoms with Crippen LogP contribution in [0.5, 0.6) is 11.5 Å². The Kier molecular flexibility index (Phi) is 6.64. The minimum absolute atomic E-state index is 0.0504. The molecule has 2 aromatic rings. The van der Waals surface area contributed by atoms with Gasteiger partial charge in [0.25, 0.3) is 0 Å². The average molecular weight is 423 g/mol. The van der Waals surface area contributed by atoms with E-state index in [0.717, 1.165) is 6.42 Å². The van der Waals surface area contributed by atoms with Crippen molar-refractivity contribution in [1.29, 1.82) is 0 Å². The number of ether oxygens (including phenoxy) is 4. The average Bonchev–Trinajstić information content (AvgIpc) is 3.27. The Morgan fingerprint density at radius 2 is 1.76 bits per heavy atom. The lowest BCUT2D eigenvalue weighted by atomic mass is 10.2. The highest BCUT2D eigenvalue weighted by molar-refractivity contribution is 6.31. The van der Waals surface area contributed by atoms with E-state index in [0.29, 0.717) is 34.3 Å².